The van der Waals surface area contributed by atoms with Gasteiger partial charge >= 0.3 is 12.0 Å². The Bertz CT molecular complexity index is 503. The van der Waals surface area contributed by atoms with Gasteiger partial charge in [-0.05, 0) is 18.6 Å². The average molecular weight is 294 g/mol. The van der Waals surface area contributed by atoms with Gasteiger partial charge in [-0.2, -0.15) is 0 Å². The zero-order valence-corrected chi connectivity index (χ0v) is 12.6. The number of carboxylic acids is 1. The van der Waals surface area contributed by atoms with E-state index in [1.165, 1.54) is 11.0 Å². The number of amides is 2. The van der Waals surface area contributed by atoms with Crippen molar-refractivity contribution in [2.24, 2.45) is 0 Å². The normalized spacial score (nSPS) is 10.0. The van der Waals surface area contributed by atoms with Gasteiger partial charge in [0.2, 0.25) is 0 Å². The summed E-state index contributed by atoms with van der Waals surface area (Å²) >= 11 is 0. The standard InChI is InChI=1S/C14H22N4O3/c1-4-5-11-8-10(13(19)20)9-12(17-11)15-6-7-16-14(21)18(2)3/h8-9H,4-7H2,1-3H3,(H,15,17)(H,16,21)(H,19,20). The Balaban J connectivity index is 2.61. The van der Waals surface area contributed by atoms with Crippen LogP contribution in [0.1, 0.15) is 29.4 Å². The molecule has 0 atom stereocenters. The van der Waals surface area contributed by atoms with Crippen molar-refractivity contribution in [3.8, 4) is 0 Å². The number of carbonyl (C=O) groups is 2. The summed E-state index contributed by atoms with van der Waals surface area (Å²) in [5, 5.41) is 14.8. The molecule has 0 aliphatic rings. The first-order valence-corrected chi connectivity index (χ1v) is 6.87. The van der Waals surface area contributed by atoms with Crippen molar-refractivity contribution in [1.29, 1.82) is 0 Å². The predicted octanol–water partition coefficient (Wildman–Crippen LogP) is 1.42. The van der Waals surface area contributed by atoms with Crippen LogP contribution in [0.25, 0.3) is 0 Å². The van der Waals surface area contributed by atoms with Crippen molar-refractivity contribution in [2.45, 2.75) is 19.8 Å². The van der Waals surface area contributed by atoms with Crippen molar-refractivity contribution >= 4 is 17.8 Å². The number of carbonyl (C=O) groups excluding carboxylic acids is 1. The van der Waals surface area contributed by atoms with Gasteiger partial charge in [-0.1, -0.05) is 13.3 Å². The van der Waals surface area contributed by atoms with Gasteiger partial charge in [0.25, 0.3) is 0 Å². The van der Waals surface area contributed by atoms with Crippen molar-refractivity contribution < 1.29 is 14.7 Å². The lowest BCUT2D eigenvalue weighted by atomic mass is 10.1. The zero-order valence-electron chi connectivity index (χ0n) is 12.6. The number of rotatable bonds is 7. The molecule has 0 saturated heterocycles. The molecular weight excluding hydrogens is 272 g/mol. The van der Waals surface area contributed by atoms with Crippen LogP contribution >= 0.6 is 0 Å². The third-order valence-corrected chi connectivity index (χ3v) is 2.75. The van der Waals surface area contributed by atoms with Gasteiger partial charge in [0.1, 0.15) is 5.82 Å². The molecule has 0 aromatic carbocycles. The van der Waals surface area contributed by atoms with Gasteiger partial charge in [-0.25, -0.2) is 14.6 Å². The molecule has 2 amide bonds. The number of anilines is 1. The van der Waals surface area contributed by atoms with Crippen LogP contribution in [-0.2, 0) is 6.42 Å². The van der Waals surface area contributed by atoms with Crippen molar-refractivity contribution in [3.63, 3.8) is 0 Å². The molecule has 0 aliphatic carbocycles. The van der Waals surface area contributed by atoms with Crippen LogP contribution in [0.2, 0.25) is 0 Å². The molecule has 116 valence electrons. The lowest BCUT2D eigenvalue weighted by Crippen LogP contribution is -2.37. The van der Waals surface area contributed by atoms with E-state index in [9.17, 15) is 9.59 Å². The third kappa shape index (κ3) is 5.68. The molecule has 7 nitrogen and oxygen atoms in total. The fourth-order valence-corrected chi connectivity index (χ4v) is 1.70. The Hall–Kier alpha value is -2.31. The molecule has 0 spiro atoms. The number of pyridine rings is 1. The lowest BCUT2D eigenvalue weighted by Gasteiger charge is -2.13. The maximum Gasteiger partial charge on any atom is 0.335 e. The molecule has 0 unspecified atom stereocenters. The first-order chi connectivity index (χ1) is 9.93. The third-order valence-electron chi connectivity index (χ3n) is 2.75. The fraction of sp³-hybridized carbons (Fsp3) is 0.500. The molecule has 0 radical (unpaired) electrons. The summed E-state index contributed by atoms with van der Waals surface area (Å²) in [6, 6.07) is 2.91. The Kier molecular flexibility index (Phi) is 6.45. The van der Waals surface area contributed by atoms with E-state index in [-0.39, 0.29) is 11.6 Å². The van der Waals surface area contributed by atoms with Crippen LogP contribution in [0, 0.1) is 0 Å². The minimum absolute atomic E-state index is 0.171. The second kappa shape index (κ2) is 8.08. The first kappa shape index (κ1) is 16.7. The Labute approximate surface area is 124 Å². The highest BCUT2D eigenvalue weighted by Crippen LogP contribution is 2.12. The number of nitrogens with zero attached hydrogens (tertiary/aromatic N) is 2. The van der Waals surface area contributed by atoms with E-state index in [1.807, 2.05) is 6.92 Å². The smallest absolute Gasteiger partial charge is 0.335 e. The number of nitrogens with one attached hydrogen (secondary N) is 2. The lowest BCUT2D eigenvalue weighted by molar-refractivity contribution is 0.0696. The van der Waals surface area contributed by atoms with Crippen molar-refractivity contribution in [3.05, 3.63) is 23.4 Å². The summed E-state index contributed by atoms with van der Waals surface area (Å²) in [6.45, 7) is 2.92. The predicted molar refractivity (Wildman–Crippen MR) is 80.8 cm³/mol. The summed E-state index contributed by atoms with van der Waals surface area (Å²) in [7, 11) is 3.33. The van der Waals surface area contributed by atoms with Crippen molar-refractivity contribution in [2.75, 3.05) is 32.5 Å². The van der Waals surface area contributed by atoms with Gasteiger partial charge < -0.3 is 20.6 Å². The zero-order chi connectivity index (χ0) is 15.8. The van der Waals surface area contributed by atoms with Gasteiger partial charge in [-0.15, -0.1) is 0 Å². The van der Waals surface area contributed by atoms with Crippen LogP contribution in [0.4, 0.5) is 10.6 Å². The minimum atomic E-state index is -0.973. The van der Waals surface area contributed by atoms with Gasteiger partial charge in [0.15, 0.2) is 0 Å². The molecule has 3 N–H and O–H groups in total. The van der Waals surface area contributed by atoms with E-state index in [0.29, 0.717) is 18.9 Å². The summed E-state index contributed by atoms with van der Waals surface area (Å²) < 4.78 is 0. The van der Waals surface area contributed by atoms with E-state index in [2.05, 4.69) is 15.6 Å². The Morgan fingerprint density at radius 3 is 2.57 bits per heavy atom. The molecule has 1 aromatic rings. The maximum atomic E-state index is 11.3. The average Bonchev–Trinajstić information content (AvgIpc) is 2.43. The van der Waals surface area contributed by atoms with E-state index in [1.54, 1.807) is 20.2 Å². The molecule has 0 saturated carbocycles. The number of hydrogen-bond acceptors (Lipinski definition) is 4. The molecule has 21 heavy (non-hydrogen) atoms. The molecular formula is C14H22N4O3. The number of hydrogen-bond donors (Lipinski definition) is 3. The molecule has 1 rings (SSSR count). The highest BCUT2D eigenvalue weighted by Gasteiger charge is 2.08. The second-order valence-electron chi connectivity index (χ2n) is 4.84. The molecule has 0 bridgehead atoms. The quantitative estimate of drug-likeness (QED) is 0.661. The summed E-state index contributed by atoms with van der Waals surface area (Å²) in [5.74, 6) is -0.462. The van der Waals surface area contributed by atoms with Crippen LogP contribution < -0.4 is 10.6 Å². The molecule has 0 aliphatic heterocycles. The molecule has 7 heteroatoms. The topological polar surface area (TPSA) is 94.6 Å². The van der Waals surface area contributed by atoms with E-state index < -0.39 is 5.97 Å². The Morgan fingerprint density at radius 1 is 1.29 bits per heavy atom. The van der Waals surface area contributed by atoms with Gasteiger partial charge in [0.05, 0.1) is 5.56 Å². The Morgan fingerprint density at radius 2 is 2.00 bits per heavy atom. The minimum Gasteiger partial charge on any atom is -0.478 e. The van der Waals surface area contributed by atoms with Gasteiger partial charge in [0, 0.05) is 32.9 Å². The van der Waals surface area contributed by atoms with Crippen LogP contribution in [0.5, 0.6) is 0 Å². The number of carboxylic acid groups (broad SMARTS) is 1. The van der Waals surface area contributed by atoms with Crippen LogP contribution in [-0.4, -0.2) is 54.2 Å². The molecule has 1 heterocycles. The van der Waals surface area contributed by atoms with E-state index in [0.717, 1.165) is 18.5 Å². The van der Waals surface area contributed by atoms with Gasteiger partial charge in [-0.3, -0.25) is 0 Å². The van der Waals surface area contributed by atoms with Crippen molar-refractivity contribution in [1.82, 2.24) is 15.2 Å². The molecule has 1 aromatic heterocycles. The number of aromatic nitrogens is 1. The monoisotopic (exact) mass is 294 g/mol. The van der Waals surface area contributed by atoms with Crippen LogP contribution in [0.3, 0.4) is 0 Å². The number of urea groups is 1. The number of aryl methyl sites for hydroxylation is 1. The summed E-state index contributed by atoms with van der Waals surface area (Å²) in [5.41, 5.74) is 0.963. The highest BCUT2D eigenvalue weighted by molar-refractivity contribution is 5.88. The van der Waals surface area contributed by atoms with E-state index in [4.69, 9.17) is 5.11 Å². The fourth-order valence-electron chi connectivity index (χ4n) is 1.70. The maximum absolute atomic E-state index is 11.3. The molecule has 0 fully saturated rings. The van der Waals surface area contributed by atoms with Crippen LogP contribution in [0.15, 0.2) is 12.1 Å². The number of aromatic carboxylic acids is 1. The highest BCUT2D eigenvalue weighted by atomic mass is 16.4. The summed E-state index contributed by atoms with van der Waals surface area (Å²) in [6.07, 6.45) is 1.63. The van der Waals surface area contributed by atoms with E-state index >= 15 is 0 Å². The SMILES string of the molecule is CCCc1cc(C(=O)O)cc(NCCNC(=O)N(C)C)n1. The second-order valence-corrected chi connectivity index (χ2v) is 4.84. The first-order valence-electron chi connectivity index (χ1n) is 6.87. The summed E-state index contributed by atoms with van der Waals surface area (Å²) in [4.78, 5) is 28.2. The largest absolute Gasteiger partial charge is 0.478 e.